The van der Waals surface area contributed by atoms with Gasteiger partial charge in [0.15, 0.2) is 5.82 Å². The first kappa shape index (κ1) is 14.3. The number of amides is 1. The molecule has 1 aromatic carbocycles. The van der Waals surface area contributed by atoms with Crippen molar-refractivity contribution in [2.75, 3.05) is 0 Å². The Balaban J connectivity index is 1.49. The number of halogens is 1. The number of hydrogen-bond acceptors (Lipinski definition) is 3. The lowest BCUT2D eigenvalue weighted by molar-refractivity contribution is -0.121. The van der Waals surface area contributed by atoms with Gasteiger partial charge in [0.25, 0.3) is 0 Å². The second kappa shape index (κ2) is 6.39. The third kappa shape index (κ3) is 3.32. The number of aryl methyl sites for hydroxylation is 2. The highest BCUT2D eigenvalue weighted by Crippen LogP contribution is 2.17. The molecule has 0 unspecified atom stereocenters. The van der Waals surface area contributed by atoms with Gasteiger partial charge in [0.1, 0.15) is 5.82 Å². The molecule has 2 heterocycles. The van der Waals surface area contributed by atoms with E-state index in [4.69, 9.17) is 0 Å². The van der Waals surface area contributed by atoms with Crippen molar-refractivity contribution < 1.29 is 4.79 Å². The highest BCUT2D eigenvalue weighted by Gasteiger charge is 2.17. The van der Waals surface area contributed by atoms with Crippen molar-refractivity contribution in [1.82, 2.24) is 20.1 Å². The Labute approximate surface area is 131 Å². The van der Waals surface area contributed by atoms with Crippen molar-refractivity contribution in [3.8, 4) is 0 Å². The fourth-order valence-corrected chi connectivity index (χ4v) is 3.04. The topological polar surface area (TPSA) is 59.8 Å². The third-order valence-electron chi connectivity index (χ3n) is 3.71. The minimum Gasteiger partial charge on any atom is -0.349 e. The Hall–Kier alpha value is -1.69. The predicted octanol–water partition coefficient (Wildman–Crippen LogP) is 2.24. The van der Waals surface area contributed by atoms with Crippen molar-refractivity contribution in [1.29, 1.82) is 0 Å². The highest BCUT2D eigenvalue weighted by atomic mass is 79.9. The Morgan fingerprint density at radius 3 is 3.05 bits per heavy atom. The number of benzene rings is 1. The van der Waals surface area contributed by atoms with Gasteiger partial charge >= 0.3 is 0 Å². The lowest BCUT2D eigenvalue weighted by Crippen LogP contribution is -2.24. The van der Waals surface area contributed by atoms with Gasteiger partial charge in [-0.3, -0.25) is 4.79 Å². The van der Waals surface area contributed by atoms with Gasteiger partial charge in [-0.1, -0.05) is 34.1 Å². The number of carbonyl (C=O) groups excluding carboxylic acids is 1. The maximum Gasteiger partial charge on any atom is 0.220 e. The largest absolute Gasteiger partial charge is 0.349 e. The molecular weight excluding hydrogens is 332 g/mol. The molecule has 5 nitrogen and oxygen atoms in total. The van der Waals surface area contributed by atoms with Gasteiger partial charge in [-0.2, -0.15) is 0 Å². The fraction of sp³-hybridized carbons (Fsp3) is 0.400. The molecule has 0 spiro atoms. The average Bonchev–Trinajstić information content (AvgIpc) is 3.08. The number of carbonyl (C=O) groups is 1. The van der Waals surface area contributed by atoms with Crippen LogP contribution in [-0.2, 0) is 30.7 Å². The number of nitrogens with one attached hydrogen (secondary N) is 1. The van der Waals surface area contributed by atoms with Crippen LogP contribution in [0.4, 0.5) is 0 Å². The molecule has 0 atom stereocenters. The second-order valence-electron chi connectivity index (χ2n) is 5.16. The summed E-state index contributed by atoms with van der Waals surface area (Å²) in [6.45, 7) is 1.42. The van der Waals surface area contributed by atoms with Crippen molar-refractivity contribution in [3.63, 3.8) is 0 Å². The number of hydrogen-bond donors (Lipinski definition) is 1. The quantitative estimate of drug-likeness (QED) is 0.901. The summed E-state index contributed by atoms with van der Waals surface area (Å²) in [6.07, 6.45) is 3.31. The van der Waals surface area contributed by atoms with Crippen LogP contribution in [0, 0.1) is 0 Å². The summed E-state index contributed by atoms with van der Waals surface area (Å²) in [7, 11) is 0. The van der Waals surface area contributed by atoms with Crippen LogP contribution in [-0.4, -0.2) is 20.7 Å². The Morgan fingerprint density at radius 1 is 1.33 bits per heavy atom. The van der Waals surface area contributed by atoms with E-state index in [1.54, 1.807) is 0 Å². The summed E-state index contributed by atoms with van der Waals surface area (Å²) >= 11 is 3.50. The van der Waals surface area contributed by atoms with Gasteiger partial charge in [-0.25, -0.2) is 0 Å². The lowest BCUT2D eigenvalue weighted by Gasteiger charge is -2.07. The van der Waals surface area contributed by atoms with Gasteiger partial charge in [-0.15, -0.1) is 10.2 Å². The van der Waals surface area contributed by atoms with E-state index in [0.717, 1.165) is 47.5 Å². The molecule has 6 heteroatoms. The number of nitrogens with zero attached hydrogens (tertiary/aromatic N) is 3. The van der Waals surface area contributed by atoms with Crippen LogP contribution in [0.5, 0.6) is 0 Å². The molecule has 0 saturated carbocycles. The van der Waals surface area contributed by atoms with E-state index in [1.807, 2.05) is 24.3 Å². The van der Waals surface area contributed by atoms with Crippen LogP contribution in [0.2, 0.25) is 0 Å². The minimum absolute atomic E-state index is 0.0427. The Bertz CT molecular complexity index is 653. The van der Waals surface area contributed by atoms with Gasteiger partial charge in [0, 0.05) is 23.9 Å². The molecule has 3 rings (SSSR count). The summed E-state index contributed by atoms with van der Waals surface area (Å²) < 4.78 is 3.15. The zero-order valence-electron chi connectivity index (χ0n) is 11.7. The van der Waals surface area contributed by atoms with Crippen LogP contribution < -0.4 is 5.32 Å². The van der Waals surface area contributed by atoms with Crippen LogP contribution in [0.1, 0.15) is 30.1 Å². The molecule has 2 aromatic rings. The Kier molecular flexibility index (Phi) is 4.34. The van der Waals surface area contributed by atoms with Crippen molar-refractivity contribution in [3.05, 3.63) is 46.0 Å². The van der Waals surface area contributed by atoms with Gasteiger partial charge < -0.3 is 9.88 Å². The molecule has 0 radical (unpaired) electrons. The Morgan fingerprint density at radius 2 is 2.19 bits per heavy atom. The van der Waals surface area contributed by atoms with E-state index in [9.17, 15) is 4.79 Å². The van der Waals surface area contributed by atoms with E-state index >= 15 is 0 Å². The van der Waals surface area contributed by atoms with E-state index in [2.05, 4.69) is 36.0 Å². The standard InChI is InChI=1S/C15H17BrN4O/c16-12-5-2-1-4-11(12)7-8-15(21)17-10-14-19-18-13-6-3-9-20(13)14/h1-2,4-5H,3,6-10H2,(H,17,21). The van der Waals surface area contributed by atoms with Gasteiger partial charge in [0.2, 0.25) is 5.91 Å². The molecule has 1 aromatic heterocycles. The first-order valence-corrected chi connectivity index (χ1v) is 7.94. The maximum absolute atomic E-state index is 11.9. The van der Waals surface area contributed by atoms with Crippen LogP contribution >= 0.6 is 15.9 Å². The van der Waals surface area contributed by atoms with E-state index in [-0.39, 0.29) is 5.91 Å². The average molecular weight is 349 g/mol. The summed E-state index contributed by atoms with van der Waals surface area (Å²) in [4.78, 5) is 11.9. The molecule has 1 aliphatic rings. The normalized spacial score (nSPS) is 13.2. The summed E-state index contributed by atoms with van der Waals surface area (Å²) in [5.74, 6) is 1.94. The first-order valence-electron chi connectivity index (χ1n) is 7.15. The molecule has 0 fully saturated rings. The molecule has 1 aliphatic heterocycles. The predicted molar refractivity (Wildman–Crippen MR) is 82.7 cm³/mol. The summed E-state index contributed by atoms with van der Waals surface area (Å²) in [6, 6.07) is 7.98. The summed E-state index contributed by atoms with van der Waals surface area (Å²) in [5, 5.41) is 11.2. The smallest absolute Gasteiger partial charge is 0.220 e. The zero-order chi connectivity index (χ0) is 14.7. The maximum atomic E-state index is 11.9. The molecule has 21 heavy (non-hydrogen) atoms. The van der Waals surface area contributed by atoms with Crippen molar-refractivity contribution in [2.45, 2.75) is 38.8 Å². The van der Waals surface area contributed by atoms with E-state index in [0.29, 0.717) is 13.0 Å². The summed E-state index contributed by atoms with van der Waals surface area (Å²) in [5.41, 5.74) is 1.15. The minimum atomic E-state index is 0.0427. The number of fused-ring (bicyclic) bond motifs is 1. The van der Waals surface area contributed by atoms with Gasteiger partial charge in [0.05, 0.1) is 6.54 Å². The molecule has 0 aliphatic carbocycles. The third-order valence-corrected chi connectivity index (χ3v) is 4.48. The van der Waals surface area contributed by atoms with Crippen LogP contribution in [0.25, 0.3) is 0 Å². The first-order chi connectivity index (χ1) is 10.2. The molecule has 0 bridgehead atoms. The van der Waals surface area contributed by atoms with Crippen LogP contribution in [0.15, 0.2) is 28.7 Å². The highest BCUT2D eigenvalue weighted by molar-refractivity contribution is 9.10. The lowest BCUT2D eigenvalue weighted by atomic mass is 10.1. The van der Waals surface area contributed by atoms with Crippen molar-refractivity contribution in [2.24, 2.45) is 0 Å². The zero-order valence-corrected chi connectivity index (χ0v) is 13.3. The van der Waals surface area contributed by atoms with Crippen LogP contribution in [0.3, 0.4) is 0 Å². The monoisotopic (exact) mass is 348 g/mol. The molecule has 1 N–H and O–H groups in total. The van der Waals surface area contributed by atoms with E-state index in [1.165, 1.54) is 0 Å². The molecule has 1 amide bonds. The van der Waals surface area contributed by atoms with E-state index < -0.39 is 0 Å². The SMILES string of the molecule is O=C(CCc1ccccc1Br)NCc1nnc2n1CCC2. The number of rotatable bonds is 5. The number of aromatic nitrogens is 3. The van der Waals surface area contributed by atoms with Gasteiger partial charge in [-0.05, 0) is 24.5 Å². The molecule has 110 valence electrons. The molecular formula is C15H17BrN4O. The molecule has 0 saturated heterocycles. The second-order valence-corrected chi connectivity index (χ2v) is 6.01. The van der Waals surface area contributed by atoms with Crippen molar-refractivity contribution >= 4 is 21.8 Å². The fourth-order valence-electron chi connectivity index (χ4n) is 2.56.